The van der Waals surface area contributed by atoms with Crippen molar-refractivity contribution in [2.45, 2.75) is 19.9 Å². The highest BCUT2D eigenvalue weighted by atomic mass is 35.5. The maximum atomic E-state index is 14.2. The first-order valence-electron chi connectivity index (χ1n) is 7.24. The number of hydrogen-bond acceptors (Lipinski definition) is 4. The second-order valence-corrected chi connectivity index (χ2v) is 6.66. The summed E-state index contributed by atoms with van der Waals surface area (Å²) < 4.78 is 19.3. The molecule has 0 unspecified atom stereocenters. The van der Waals surface area contributed by atoms with E-state index in [0.717, 1.165) is 4.88 Å². The highest BCUT2D eigenvalue weighted by molar-refractivity contribution is 7.10. The molecular formula is C17H14ClFN2O2S. The maximum absolute atomic E-state index is 14.2. The van der Waals surface area contributed by atoms with Gasteiger partial charge in [-0.05, 0) is 37.4 Å². The van der Waals surface area contributed by atoms with Crippen LogP contribution >= 0.6 is 22.9 Å². The first-order chi connectivity index (χ1) is 11.5. The lowest BCUT2D eigenvalue weighted by molar-refractivity contribution is 0.0939. The van der Waals surface area contributed by atoms with Crippen molar-refractivity contribution in [1.82, 2.24) is 10.5 Å². The number of benzene rings is 1. The first-order valence-corrected chi connectivity index (χ1v) is 8.49. The smallest absolute Gasteiger partial charge is 0.257 e. The number of carbonyl (C=O) groups excluding carboxylic acids is 1. The fourth-order valence-corrected chi connectivity index (χ4v) is 3.40. The molecule has 0 spiro atoms. The number of rotatable bonds is 4. The Balaban J connectivity index is 1.97. The van der Waals surface area contributed by atoms with Crippen LogP contribution in [0.4, 0.5) is 4.39 Å². The van der Waals surface area contributed by atoms with Gasteiger partial charge in [-0.3, -0.25) is 4.79 Å². The Morgan fingerprint density at radius 3 is 2.83 bits per heavy atom. The molecular weight excluding hydrogens is 351 g/mol. The Morgan fingerprint density at radius 1 is 1.38 bits per heavy atom. The topological polar surface area (TPSA) is 55.1 Å². The molecule has 4 nitrogen and oxygen atoms in total. The van der Waals surface area contributed by atoms with Gasteiger partial charge in [-0.15, -0.1) is 11.3 Å². The summed E-state index contributed by atoms with van der Waals surface area (Å²) in [6, 6.07) is 7.96. The number of thiophene rings is 1. The van der Waals surface area contributed by atoms with Gasteiger partial charge in [-0.25, -0.2) is 4.39 Å². The molecule has 0 aliphatic heterocycles. The predicted octanol–water partition coefficient (Wildman–Crippen LogP) is 5.00. The van der Waals surface area contributed by atoms with E-state index < -0.39 is 5.82 Å². The monoisotopic (exact) mass is 364 g/mol. The maximum Gasteiger partial charge on any atom is 0.257 e. The molecule has 0 aliphatic carbocycles. The third-order valence-corrected chi connectivity index (χ3v) is 4.98. The van der Waals surface area contributed by atoms with E-state index in [9.17, 15) is 9.18 Å². The van der Waals surface area contributed by atoms with Crippen LogP contribution in [0.3, 0.4) is 0 Å². The van der Waals surface area contributed by atoms with E-state index in [-0.39, 0.29) is 33.8 Å². The molecule has 0 saturated carbocycles. The molecule has 1 aromatic carbocycles. The van der Waals surface area contributed by atoms with E-state index in [4.69, 9.17) is 16.1 Å². The molecule has 7 heteroatoms. The number of aryl methyl sites for hydroxylation is 1. The van der Waals surface area contributed by atoms with Crippen molar-refractivity contribution in [3.63, 3.8) is 0 Å². The minimum absolute atomic E-state index is 0.0601. The van der Waals surface area contributed by atoms with Gasteiger partial charge in [0.25, 0.3) is 5.91 Å². The second kappa shape index (κ2) is 6.75. The number of amides is 1. The molecule has 0 fully saturated rings. The summed E-state index contributed by atoms with van der Waals surface area (Å²) in [6.45, 7) is 3.48. The molecule has 0 bridgehead atoms. The summed E-state index contributed by atoms with van der Waals surface area (Å²) in [5.41, 5.74) is 0.349. The molecule has 0 aliphatic rings. The van der Waals surface area contributed by atoms with Crippen LogP contribution in [-0.4, -0.2) is 11.1 Å². The quantitative estimate of drug-likeness (QED) is 0.709. The largest absolute Gasteiger partial charge is 0.360 e. The lowest BCUT2D eigenvalue weighted by Gasteiger charge is -2.12. The number of hydrogen-bond donors (Lipinski definition) is 1. The normalized spacial score (nSPS) is 12.2. The fraction of sp³-hybridized carbons (Fsp3) is 0.176. The molecule has 0 radical (unpaired) electrons. The van der Waals surface area contributed by atoms with Crippen LogP contribution in [0.1, 0.15) is 34.0 Å². The molecule has 2 aromatic heterocycles. The van der Waals surface area contributed by atoms with Gasteiger partial charge in [0.05, 0.1) is 16.6 Å². The van der Waals surface area contributed by atoms with Gasteiger partial charge < -0.3 is 9.84 Å². The van der Waals surface area contributed by atoms with E-state index in [2.05, 4.69) is 10.5 Å². The summed E-state index contributed by atoms with van der Waals surface area (Å²) in [6.07, 6.45) is 0. The van der Waals surface area contributed by atoms with Crippen LogP contribution in [0.5, 0.6) is 0 Å². The van der Waals surface area contributed by atoms with Crippen molar-refractivity contribution in [3.05, 3.63) is 62.8 Å². The number of nitrogens with one attached hydrogen (secondary N) is 1. The molecule has 1 amide bonds. The van der Waals surface area contributed by atoms with E-state index in [1.807, 2.05) is 24.4 Å². The van der Waals surface area contributed by atoms with Crippen LogP contribution < -0.4 is 5.32 Å². The summed E-state index contributed by atoms with van der Waals surface area (Å²) >= 11 is 7.63. The van der Waals surface area contributed by atoms with E-state index in [1.165, 1.54) is 12.1 Å². The molecule has 0 saturated heterocycles. The zero-order chi connectivity index (χ0) is 17.3. The number of aromatic nitrogens is 1. The van der Waals surface area contributed by atoms with Crippen LogP contribution in [0.25, 0.3) is 11.3 Å². The Kier molecular flexibility index (Phi) is 4.69. The van der Waals surface area contributed by atoms with Crippen LogP contribution in [0.2, 0.25) is 5.02 Å². The minimum atomic E-state index is -0.559. The van der Waals surface area contributed by atoms with Crippen molar-refractivity contribution < 1.29 is 13.7 Å². The molecule has 1 atom stereocenters. The predicted molar refractivity (Wildman–Crippen MR) is 91.8 cm³/mol. The van der Waals surface area contributed by atoms with Crippen LogP contribution in [0.15, 0.2) is 40.2 Å². The van der Waals surface area contributed by atoms with Gasteiger partial charge in [0, 0.05) is 4.88 Å². The standard InChI is InChI=1S/C17H14ClFN2O2S/c1-9(13-7-4-8-24-13)20-17(22)14-10(2)23-21-16(14)15-11(18)5-3-6-12(15)19/h3-9H,1-2H3,(H,20,22)/t9-/m1/s1. The van der Waals surface area contributed by atoms with Gasteiger partial charge in [-0.2, -0.15) is 0 Å². The molecule has 124 valence electrons. The van der Waals surface area contributed by atoms with Crippen molar-refractivity contribution in [3.8, 4) is 11.3 Å². The van der Waals surface area contributed by atoms with Gasteiger partial charge in [0.2, 0.25) is 0 Å². The fourth-order valence-electron chi connectivity index (χ4n) is 2.41. The highest BCUT2D eigenvalue weighted by Gasteiger charge is 2.26. The molecule has 1 N–H and O–H groups in total. The zero-order valence-electron chi connectivity index (χ0n) is 13.0. The van der Waals surface area contributed by atoms with E-state index in [0.29, 0.717) is 5.76 Å². The molecule has 2 heterocycles. The Labute approximate surface area is 147 Å². The number of halogens is 2. The average molecular weight is 365 g/mol. The lowest BCUT2D eigenvalue weighted by Crippen LogP contribution is -2.26. The van der Waals surface area contributed by atoms with Crippen LogP contribution in [-0.2, 0) is 0 Å². The molecule has 3 rings (SSSR count). The molecule has 24 heavy (non-hydrogen) atoms. The second-order valence-electron chi connectivity index (χ2n) is 5.27. The van der Waals surface area contributed by atoms with Crippen molar-refractivity contribution >= 4 is 28.8 Å². The number of nitrogens with zero attached hydrogens (tertiary/aromatic N) is 1. The van der Waals surface area contributed by atoms with Gasteiger partial charge >= 0.3 is 0 Å². The summed E-state index contributed by atoms with van der Waals surface area (Å²) in [7, 11) is 0. The van der Waals surface area contributed by atoms with Gasteiger partial charge in [0.15, 0.2) is 0 Å². The zero-order valence-corrected chi connectivity index (χ0v) is 14.5. The van der Waals surface area contributed by atoms with E-state index >= 15 is 0 Å². The minimum Gasteiger partial charge on any atom is -0.360 e. The molecule has 3 aromatic rings. The van der Waals surface area contributed by atoms with Crippen LogP contribution in [0, 0.1) is 12.7 Å². The third-order valence-electron chi connectivity index (χ3n) is 3.61. The van der Waals surface area contributed by atoms with E-state index in [1.54, 1.807) is 24.3 Å². The Bertz CT molecular complexity index is 857. The summed E-state index contributed by atoms with van der Waals surface area (Å²) in [5, 5.41) is 8.83. The first kappa shape index (κ1) is 16.7. The van der Waals surface area contributed by atoms with Gasteiger partial charge in [0.1, 0.15) is 22.8 Å². The SMILES string of the molecule is Cc1onc(-c2c(F)cccc2Cl)c1C(=O)N[C@H](C)c1cccs1. The number of carbonyl (C=O) groups is 1. The highest BCUT2D eigenvalue weighted by Crippen LogP contribution is 2.33. The summed E-state index contributed by atoms with van der Waals surface area (Å²) in [4.78, 5) is 13.7. The van der Waals surface area contributed by atoms with Gasteiger partial charge in [-0.1, -0.05) is 28.9 Å². The van der Waals surface area contributed by atoms with Crippen molar-refractivity contribution in [2.75, 3.05) is 0 Å². The van der Waals surface area contributed by atoms with Crippen molar-refractivity contribution in [2.24, 2.45) is 0 Å². The Morgan fingerprint density at radius 2 is 2.17 bits per heavy atom. The third kappa shape index (κ3) is 3.07. The lowest BCUT2D eigenvalue weighted by atomic mass is 10.0. The average Bonchev–Trinajstić information content (AvgIpc) is 3.17. The Hall–Kier alpha value is -2.18. The van der Waals surface area contributed by atoms with Crippen molar-refractivity contribution in [1.29, 1.82) is 0 Å². The summed E-state index contributed by atoms with van der Waals surface area (Å²) in [5.74, 6) is -0.639.